The zero-order valence-electron chi connectivity index (χ0n) is 8.12. The fourth-order valence-corrected chi connectivity index (χ4v) is 1.03. The molecule has 0 N–H and O–H groups in total. The molecule has 1 aromatic heterocycles. The zero-order chi connectivity index (χ0) is 8.97. The molecule has 1 heterocycles. The molecule has 0 bridgehead atoms. The van der Waals surface area contributed by atoms with Gasteiger partial charge in [0.05, 0.1) is 17.9 Å². The predicted molar refractivity (Wildman–Crippen MR) is 49.0 cm³/mol. The molecule has 0 unspecified atom stereocenters. The van der Waals surface area contributed by atoms with E-state index in [9.17, 15) is 0 Å². The van der Waals surface area contributed by atoms with Crippen molar-refractivity contribution in [2.24, 2.45) is 0 Å². The average Bonchev–Trinajstić information content (AvgIpc) is 2.48. The first-order chi connectivity index (χ1) is 5.74. The summed E-state index contributed by atoms with van der Waals surface area (Å²) in [7, 11) is 0. The van der Waals surface area contributed by atoms with Gasteiger partial charge in [-0.15, -0.1) is 0 Å². The van der Waals surface area contributed by atoms with Crippen LogP contribution in [0.25, 0.3) is 0 Å². The van der Waals surface area contributed by atoms with Gasteiger partial charge in [0.15, 0.2) is 0 Å². The van der Waals surface area contributed by atoms with Crippen LogP contribution < -0.4 is 0 Å². The summed E-state index contributed by atoms with van der Waals surface area (Å²) in [5.74, 6) is 0. The fourth-order valence-electron chi connectivity index (χ4n) is 1.03. The summed E-state index contributed by atoms with van der Waals surface area (Å²) >= 11 is 0. The molecule has 12 heavy (non-hydrogen) atoms. The number of aromatic nitrogens is 3. The van der Waals surface area contributed by atoms with Gasteiger partial charge < -0.3 is 0 Å². The summed E-state index contributed by atoms with van der Waals surface area (Å²) in [5.41, 5.74) is 1.12. The molecule has 0 spiro atoms. The van der Waals surface area contributed by atoms with Crippen LogP contribution in [-0.4, -0.2) is 15.0 Å². The van der Waals surface area contributed by atoms with Crippen LogP contribution >= 0.6 is 0 Å². The van der Waals surface area contributed by atoms with Crippen molar-refractivity contribution in [2.45, 2.75) is 46.1 Å². The highest BCUT2D eigenvalue weighted by Crippen LogP contribution is 2.03. The minimum Gasteiger partial charge on any atom is -0.182 e. The standard InChI is InChI=1S/C9H17N3/c1-4-5-6-9-7-10-12(11-9)8(2)3/h7-8H,4-6H2,1-3H3. The predicted octanol–water partition coefficient (Wildman–Crippen LogP) is 2.20. The molecule has 0 aliphatic carbocycles. The second kappa shape index (κ2) is 4.24. The third kappa shape index (κ3) is 2.32. The lowest BCUT2D eigenvalue weighted by Gasteiger charge is -2.00. The number of aryl methyl sites for hydroxylation is 1. The Morgan fingerprint density at radius 3 is 2.75 bits per heavy atom. The first-order valence-corrected chi connectivity index (χ1v) is 4.64. The van der Waals surface area contributed by atoms with Crippen molar-refractivity contribution in [3.8, 4) is 0 Å². The maximum atomic E-state index is 4.35. The van der Waals surface area contributed by atoms with Crippen molar-refractivity contribution in [3.63, 3.8) is 0 Å². The molecule has 0 atom stereocenters. The molecule has 0 saturated carbocycles. The highest BCUT2D eigenvalue weighted by molar-refractivity contribution is 4.91. The van der Waals surface area contributed by atoms with Crippen LogP contribution in [0.1, 0.15) is 45.3 Å². The first-order valence-electron chi connectivity index (χ1n) is 4.64. The van der Waals surface area contributed by atoms with Gasteiger partial charge in [-0.1, -0.05) is 13.3 Å². The lowest BCUT2D eigenvalue weighted by molar-refractivity contribution is 0.462. The van der Waals surface area contributed by atoms with E-state index in [1.807, 2.05) is 6.20 Å². The molecule has 0 aromatic carbocycles. The van der Waals surface area contributed by atoms with Crippen LogP contribution in [0.2, 0.25) is 0 Å². The number of nitrogens with zero attached hydrogens (tertiary/aromatic N) is 3. The lowest BCUT2D eigenvalue weighted by atomic mass is 10.2. The van der Waals surface area contributed by atoms with E-state index < -0.39 is 0 Å². The summed E-state index contributed by atoms with van der Waals surface area (Å²) in [6, 6.07) is 0.375. The highest BCUT2D eigenvalue weighted by Gasteiger charge is 2.01. The average molecular weight is 167 g/mol. The van der Waals surface area contributed by atoms with Crippen molar-refractivity contribution in [2.75, 3.05) is 0 Å². The number of rotatable bonds is 4. The number of hydrogen-bond acceptors (Lipinski definition) is 2. The number of unbranched alkanes of at least 4 members (excludes halogenated alkanes) is 1. The maximum absolute atomic E-state index is 4.35. The molecular weight excluding hydrogens is 150 g/mol. The van der Waals surface area contributed by atoms with E-state index >= 15 is 0 Å². The molecule has 0 saturated heterocycles. The Balaban J connectivity index is 2.52. The van der Waals surface area contributed by atoms with Gasteiger partial charge in [-0.3, -0.25) is 0 Å². The second-order valence-corrected chi connectivity index (χ2v) is 3.35. The summed E-state index contributed by atoms with van der Waals surface area (Å²) < 4.78 is 0. The van der Waals surface area contributed by atoms with Crippen LogP contribution in [0.3, 0.4) is 0 Å². The molecule has 1 rings (SSSR count). The topological polar surface area (TPSA) is 30.7 Å². The number of hydrogen-bond donors (Lipinski definition) is 0. The fraction of sp³-hybridized carbons (Fsp3) is 0.778. The van der Waals surface area contributed by atoms with E-state index in [2.05, 4.69) is 31.0 Å². The monoisotopic (exact) mass is 167 g/mol. The molecule has 0 aliphatic rings. The van der Waals surface area contributed by atoms with E-state index in [0.29, 0.717) is 6.04 Å². The van der Waals surface area contributed by atoms with Crippen LogP contribution in [0, 0.1) is 0 Å². The normalized spacial score (nSPS) is 11.0. The summed E-state index contributed by atoms with van der Waals surface area (Å²) in [5, 5.41) is 8.53. The molecule has 0 amide bonds. The highest BCUT2D eigenvalue weighted by atomic mass is 15.5. The van der Waals surface area contributed by atoms with E-state index in [1.165, 1.54) is 12.8 Å². The van der Waals surface area contributed by atoms with E-state index in [0.717, 1.165) is 12.1 Å². The summed E-state index contributed by atoms with van der Waals surface area (Å²) in [4.78, 5) is 1.77. The van der Waals surface area contributed by atoms with Gasteiger partial charge in [-0.25, -0.2) is 0 Å². The third-order valence-corrected chi connectivity index (χ3v) is 1.80. The molecule has 0 aliphatic heterocycles. The Bertz CT molecular complexity index is 227. The Hall–Kier alpha value is -0.860. The molecule has 68 valence electrons. The van der Waals surface area contributed by atoms with Crippen LogP contribution in [0.5, 0.6) is 0 Å². The van der Waals surface area contributed by atoms with Crippen LogP contribution in [-0.2, 0) is 6.42 Å². The SMILES string of the molecule is CCCCc1cnn(C(C)C)n1. The van der Waals surface area contributed by atoms with Gasteiger partial charge >= 0.3 is 0 Å². The van der Waals surface area contributed by atoms with Crippen LogP contribution in [0.15, 0.2) is 6.20 Å². The van der Waals surface area contributed by atoms with Crippen molar-refractivity contribution in [1.29, 1.82) is 0 Å². The molecule has 0 radical (unpaired) electrons. The maximum Gasteiger partial charge on any atom is 0.0827 e. The van der Waals surface area contributed by atoms with Gasteiger partial charge in [0.1, 0.15) is 0 Å². The van der Waals surface area contributed by atoms with Crippen molar-refractivity contribution < 1.29 is 0 Å². The Labute approximate surface area is 73.8 Å². The van der Waals surface area contributed by atoms with Crippen molar-refractivity contribution in [3.05, 3.63) is 11.9 Å². The van der Waals surface area contributed by atoms with Gasteiger partial charge in [-0.2, -0.15) is 15.0 Å². The van der Waals surface area contributed by atoms with Gasteiger partial charge in [0.2, 0.25) is 0 Å². The summed E-state index contributed by atoms with van der Waals surface area (Å²) in [6.45, 7) is 6.36. The van der Waals surface area contributed by atoms with Crippen molar-refractivity contribution in [1.82, 2.24) is 15.0 Å². The zero-order valence-corrected chi connectivity index (χ0v) is 8.12. The van der Waals surface area contributed by atoms with Gasteiger partial charge in [-0.05, 0) is 26.7 Å². The van der Waals surface area contributed by atoms with Crippen LogP contribution in [0.4, 0.5) is 0 Å². The van der Waals surface area contributed by atoms with Gasteiger partial charge in [0.25, 0.3) is 0 Å². The minimum absolute atomic E-state index is 0.375. The minimum atomic E-state index is 0.375. The van der Waals surface area contributed by atoms with Gasteiger partial charge in [0, 0.05) is 0 Å². The Morgan fingerprint density at radius 2 is 2.25 bits per heavy atom. The largest absolute Gasteiger partial charge is 0.182 e. The Morgan fingerprint density at radius 1 is 1.50 bits per heavy atom. The third-order valence-electron chi connectivity index (χ3n) is 1.80. The van der Waals surface area contributed by atoms with Crippen molar-refractivity contribution >= 4 is 0 Å². The van der Waals surface area contributed by atoms with E-state index in [4.69, 9.17) is 0 Å². The molecule has 1 aromatic rings. The lowest BCUT2D eigenvalue weighted by Crippen LogP contribution is -2.04. The van der Waals surface area contributed by atoms with E-state index in [-0.39, 0.29) is 0 Å². The Kier molecular flexibility index (Phi) is 3.26. The molecule has 3 nitrogen and oxygen atoms in total. The second-order valence-electron chi connectivity index (χ2n) is 3.35. The van der Waals surface area contributed by atoms with E-state index in [1.54, 1.807) is 4.80 Å². The quantitative estimate of drug-likeness (QED) is 0.688. The first kappa shape index (κ1) is 9.23. The molecule has 0 fully saturated rings. The smallest absolute Gasteiger partial charge is 0.0827 e. The molecule has 3 heteroatoms. The summed E-state index contributed by atoms with van der Waals surface area (Å²) in [6.07, 6.45) is 5.35. The molecular formula is C9H17N3.